The van der Waals surface area contributed by atoms with Crippen molar-refractivity contribution >= 4 is 23.5 Å². The van der Waals surface area contributed by atoms with Gasteiger partial charge < -0.3 is 19.4 Å². The van der Waals surface area contributed by atoms with Gasteiger partial charge in [-0.1, -0.05) is 6.07 Å². The molecule has 0 aliphatic carbocycles. The Morgan fingerprint density at radius 2 is 2.38 bits per heavy atom. The third-order valence-corrected chi connectivity index (χ3v) is 5.61. The van der Waals surface area contributed by atoms with Crippen molar-refractivity contribution in [3.8, 4) is 11.5 Å². The van der Waals surface area contributed by atoms with Crippen molar-refractivity contribution in [3.05, 3.63) is 30.7 Å². The lowest BCUT2D eigenvalue weighted by atomic mass is 10.1. The van der Waals surface area contributed by atoms with Crippen LogP contribution in [0.25, 0.3) is 11.5 Å². The van der Waals surface area contributed by atoms with Gasteiger partial charge in [0.2, 0.25) is 12.3 Å². The maximum atomic E-state index is 12.7. The highest BCUT2D eigenvalue weighted by atomic mass is 32.2. The second kappa shape index (κ2) is 6.82. The minimum atomic E-state index is -0.0603. The summed E-state index contributed by atoms with van der Waals surface area (Å²) in [5, 5.41) is 10.9. The molecule has 2 fully saturated rings. The van der Waals surface area contributed by atoms with E-state index in [4.69, 9.17) is 9.15 Å². The van der Waals surface area contributed by atoms with Crippen LogP contribution >= 0.6 is 11.8 Å². The van der Waals surface area contributed by atoms with Gasteiger partial charge in [-0.3, -0.25) is 0 Å². The summed E-state index contributed by atoms with van der Waals surface area (Å²) in [6, 6.07) is 7.61. The van der Waals surface area contributed by atoms with Gasteiger partial charge in [0.15, 0.2) is 0 Å². The Labute approximate surface area is 143 Å². The van der Waals surface area contributed by atoms with E-state index < -0.39 is 0 Å². The Morgan fingerprint density at radius 1 is 1.42 bits per heavy atom. The molecule has 1 aromatic carbocycles. The topological polar surface area (TPSA) is 80.5 Å². The maximum Gasteiger partial charge on any atom is 0.322 e. The van der Waals surface area contributed by atoms with Gasteiger partial charge in [-0.25, -0.2) is 4.79 Å². The number of aromatic nitrogens is 2. The number of benzene rings is 1. The van der Waals surface area contributed by atoms with E-state index in [0.29, 0.717) is 11.1 Å². The lowest BCUT2D eigenvalue weighted by Gasteiger charge is -2.43. The van der Waals surface area contributed by atoms with Crippen LogP contribution in [-0.4, -0.2) is 57.9 Å². The van der Waals surface area contributed by atoms with E-state index in [1.165, 1.54) is 6.39 Å². The zero-order valence-electron chi connectivity index (χ0n) is 13.1. The number of rotatable bonds is 2. The molecule has 1 N–H and O–H groups in total. The number of carbonyl (C=O) groups is 1. The molecule has 2 aliphatic heterocycles. The van der Waals surface area contributed by atoms with E-state index in [1.54, 1.807) is 0 Å². The van der Waals surface area contributed by atoms with Crippen molar-refractivity contribution in [1.29, 1.82) is 0 Å². The standard InChI is InChI=1S/C16H18N4O3S/c21-16(20-5-7-24-14-9-22-6-4-13(14)20)18-12-3-1-2-11(8-12)15-19-17-10-23-15/h1-3,8,10,13-14H,4-7,9H2,(H,18,21)/t13-,14-/m1/s1. The third kappa shape index (κ3) is 3.11. The number of nitrogens with zero attached hydrogens (tertiary/aromatic N) is 3. The van der Waals surface area contributed by atoms with Crippen LogP contribution in [0.3, 0.4) is 0 Å². The van der Waals surface area contributed by atoms with Crippen LogP contribution in [0.1, 0.15) is 6.42 Å². The summed E-state index contributed by atoms with van der Waals surface area (Å²) in [6.07, 6.45) is 2.18. The molecule has 2 atom stereocenters. The van der Waals surface area contributed by atoms with Crippen molar-refractivity contribution < 1.29 is 13.9 Å². The molecule has 3 heterocycles. The van der Waals surface area contributed by atoms with Crippen LogP contribution < -0.4 is 5.32 Å². The van der Waals surface area contributed by atoms with Gasteiger partial charge in [0.05, 0.1) is 6.61 Å². The third-order valence-electron chi connectivity index (χ3n) is 4.32. The number of fused-ring (bicyclic) bond motifs is 1. The molecule has 0 spiro atoms. The summed E-state index contributed by atoms with van der Waals surface area (Å²) in [7, 11) is 0. The van der Waals surface area contributed by atoms with Crippen LogP contribution in [0.5, 0.6) is 0 Å². The first-order valence-electron chi connectivity index (χ1n) is 7.95. The van der Waals surface area contributed by atoms with Crippen molar-refractivity contribution in [2.75, 3.05) is 30.8 Å². The fourth-order valence-corrected chi connectivity index (χ4v) is 4.46. The molecule has 2 amide bonds. The summed E-state index contributed by atoms with van der Waals surface area (Å²) in [5.74, 6) is 1.38. The van der Waals surface area contributed by atoms with Crippen LogP contribution in [0, 0.1) is 0 Å². The SMILES string of the molecule is O=C(Nc1cccc(-c2nnco2)c1)N1CCS[C@@H]2COCC[C@H]21. The highest BCUT2D eigenvalue weighted by Crippen LogP contribution is 2.30. The number of carbonyl (C=O) groups excluding carboxylic acids is 1. The van der Waals surface area contributed by atoms with Gasteiger partial charge in [0.25, 0.3) is 0 Å². The lowest BCUT2D eigenvalue weighted by molar-refractivity contribution is 0.0520. The van der Waals surface area contributed by atoms with Gasteiger partial charge in [-0.05, 0) is 24.6 Å². The van der Waals surface area contributed by atoms with Gasteiger partial charge in [-0.2, -0.15) is 11.8 Å². The number of anilines is 1. The molecule has 0 saturated carbocycles. The fourth-order valence-electron chi connectivity index (χ4n) is 3.16. The average Bonchev–Trinajstić information content (AvgIpc) is 3.16. The van der Waals surface area contributed by atoms with E-state index >= 15 is 0 Å². The first kappa shape index (κ1) is 15.5. The Kier molecular flexibility index (Phi) is 4.40. The minimum Gasteiger partial charge on any atom is -0.423 e. The second-order valence-corrected chi connectivity index (χ2v) is 7.14. The van der Waals surface area contributed by atoms with E-state index in [-0.39, 0.29) is 12.1 Å². The molecule has 24 heavy (non-hydrogen) atoms. The predicted octanol–water partition coefficient (Wildman–Crippen LogP) is 2.47. The predicted molar refractivity (Wildman–Crippen MR) is 90.9 cm³/mol. The maximum absolute atomic E-state index is 12.7. The highest BCUT2D eigenvalue weighted by molar-refractivity contribution is 8.00. The Balaban J connectivity index is 1.48. The minimum absolute atomic E-state index is 0.0603. The zero-order valence-corrected chi connectivity index (χ0v) is 13.9. The molecule has 7 nitrogen and oxygen atoms in total. The molecule has 2 aliphatic rings. The quantitative estimate of drug-likeness (QED) is 0.900. The van der Waals surface area contributed by atoms with Crippen molar-refractivity contribution in [2.24, 2.45) is 0 Å². The van der Waals surface area contributed by atoms with E-state index in [2.05, 4.69) is 15.5 Å². The summed E-state index contributed by atoms with van der Waals surface area (Å²) in [5.41, 5.74) is 1.50. The molecule has 2 aromatic rings. The summed E-state index contributed by atoms with van der Waals surface area (Å²) >= 11 is 1.90. The van der Waals surface area contributed by atoms with E-state index in [9.17, 15) is 4.79 Å². The fraction of sp³-hybridized carbons (Fsp3) is 0.438. The lowest BCUT2D eigenvalue weighted by Crippen LogP contribution is -2.55. The smallest absolute Gasteiger partial charge is 0.322 e. The van der Waals surface area contributed by atoms with Crippen molar-refractivity contribution in [3.63, 3.8) is 0 Å². The molecular weight excluding hydrogens is 328 g/mol. The number of hydrogen-bond acceptors (Lipinski definition) is 6. The molecular formula is C16H18N4O3S. The van der Waals surface area contributed by atoms with Crippen LogP contribution in [0.4, 0.5) is 10.5 Å². The second-order valence-electron chi connectivity index (χ2n) is 5.79. The largest absolute Gasteiger partial charge is 0.423 e. The average molecular weight is 346 g/mol. The monoisotopic (exact) mass is 346 g/mol. The number of amides is 2. The van der Waals surface area contributed by atoms with Crippen LogP contribution in [-0.2, 0) is 4.74 Å². The summed E-state index contributed by atoms with van der Waals surface area (Å²) in [4.78, 5) is 14.7. The molecule has 126 valence electrons. The van der Waals surface area contributed by atoms with Gasteiger partial charge in [-0.15, -0.1) is 10.2 Å². The van der Waals surface area contributed by atoms with Gasteiger partial charge >= 0.3 is 6.03 Å². The number of thioether (sulfide) groups is 1. The first-order chi connectivity index (χ1) is 11.8. The van der Waals surface area contributed by atoms with Crippen molar-refractivity contribution in [2.45, 2.75) is 17.7 Å². The normalized spacial score (nSPS) is 23.6. The van der Waals surface area contributed by atoms with Crippen LogP contribution in [0.15, 0.2) is 35.1 Å². The van der Waals surface area contributed by atoms with E-state index in [1.807, 2.05) is 40.9 Å². The Hall–Kier alpha value is -2.06. The van der Waals surface area contributed by atoms with E-state index in [0.717, 1.165) is 43.2 Å². The highest BCUT2D eigenvalue weighted by Gasteiger charge is 2.36. The van der Waals surface area contributed by atoms with Gasteiger partial charge in [0, 0.05) is 41.4 Å². The Bertz CT molecular complexity index is 707. The molecule has 0 unspecified atom stereocenters. The molecule has 0 bridgehead atoms. The molecule has 0 radical (unpaired) electrons. The molecule has 8 heteroatoms. The summed E-state index contributed by atoms with van der Waals surface area (Å²) < 4.78 is 10.7. The number of ether oxygens (including phenoxy) is 1. The summed E-state index contributed by atoms with van der Waals surface area (Å²) in [6.45, 7) is 2.21. The first-order valence-corrected chi connectivity index (χ1v) is 9.00. The molecule has 2 saturated heterocycles. The van der Waals surface area contributed by atoms with Crippen molar-refractivity contribution in [1.82, 2.24) is 15.1 Å². The number of hydrogen-bond donors (Lipinski definition) is 1. The molecule has 1 aromatic heterocycles. The molecule has 4 rings (SSSR count). The van der Waals surface area contributed by atoms with Gasteiger partial charge in [0.1, 0.15) is 0 Å². The zero-order chi connectivity index (χ0) is 16.4. The number of nitrogens with one attached hydrogen (secondary N) is 1. The number of urea groups is 1. The Morgan fingerprint density at radius 3 is 3.25 bits per heavy atom. The van der Waals surface area contributed by atoms with Crippen LogP contribution in [0.2, 0.25) is 0 Å².